The number of carbonyl (C=O) groups is 1. The predicted octanol–water partition coefficient (Wildman–Crippen LogP) is 4.60. The lowest BCUT2D eigenvalue weighted by atomic mass is 9.97. The molecule has 0 aliphatic heterocycles. The highest BCUT2D eigenvalue weighted by atomic mass is 16.3. The molecule has 0 saturated carbocycles. The molecule has 0 spiro atoms. The summed E-state index contributed by atoms with van der Waals surface area (Å²) in [4.78, 5) is 12.3. The van der Waals surface area contributed by atoms with Crippen LogP contribution >= 0.6 is 0 Å². The van der Waals surface area contributed by atoms with Crippen molar-refractivity contribution in [3.63, 3.8) is 0 Å². The summed E-state index contributed by atoms with van der Waals surface area (Å²) in [6, 6.07) is 14.1. The minimum absolute atomic E-state index is 0.106. The Morgan fingerprint density at radius 1 is 1.00 bits per heavy atom. The molecule has 2 aromatic rings. The van der Waals surface area contributed by atoms with Crippen LogP contribution in [0.5, 0.6) is 0 Å². The normalized spacial score (nSPS) is 12.5. The molecule has 3 heteroatoms. The number of amides is 1. The van der Waals surface area contributed by atoms with Gasteiger partial charge in [-0.3, -0.25) is 4.79 Å². The van der Waals surface area contributed by atoms with E-state index in [-0.39, 0.29) is 11.8 Å². The Morgan fingerprint density at radius 3 is 2.38 bits per heavy atom. The van der Waals surface area contributed by atoms with Gasteiger partial charge in [0.25, 0.3) is 0 Å². The molecular weight excluding hydrogens is 298 g/mol. The molecule has 130 valence electrons. The van der Waals surface area contributed by atoms with Crippen molar-refractivity contribution < 1.29 is 9.90 Å². The summed E-state index contributed by atoms with van der Waals surface area (Å²) in [7, 11) is 0. The maximum absolute atomic E-state index is 12.3. The smallest absolute Gasteiger partial charge is 0.223 e. The van der Waals surface area contributed by atoms with Crippen LogP contribution in [0, 0.1) is 5.92 Å². The Morgan fingerprint density at radius 2 is 1.67 bits per heavy atom. The summed E-state index contributed by atoms with van der Waals surface area (Å²) in [5.74, 6) is 0.235. The van der Waals surface area contributed by atoms with E-state index in [9.17, 15) is 9.90 Å². The fourth-order valence-electron chi connectivity index (χ4n) is 3.28. The zero-order valence-electron chi connectivity index (χ0n) is 14.8. The Kier molecular flexibility index (Phi) is 7.26. The molecule has 1 amide bonds. The van der Waals surface area contributed by atoms with Gasteiger partial charge >= 0.3 is 0 Å². The molecule has 0 aliphatic carbocycles. The van der Waals surface area contributed by atoms with Gasteiger partial charge in [0.15, 0.2) is 0 Å². The van der Waals surface area contributed by atoms with Crippen molar-refractivity contribution in [3.05, 3.63) is 48.0 Å². The van der Waals surface area contributed by atoms with Crippen LogP contribution in [0.15, 0.2) is 42.5 Å². The van der Waals surface area contributed by atoms with Crippen LogP contribution in [0.1, 0.15) is 57.6 Å². The standard InChI is InChI=1S/C21H29NO2/c1-3-8-17(9-4-2)21(24)22-15-14-20(23)19-13-7-11-16-10-5-6-12-18(16)19/h5-7,10-13,17,20,23H,3-4,8-9,14-15H2,1-2H3,(H,22,24). The van der Waals surface area contributed by atoms with E-state index in [1.165, 1.54) is 0 Å². The van der Waals surface area contributed by atoms with Gasteiger partial charge in [0.05, 0.1) is 6.10 Å². The third kappa shape index (κ3) is 4.81. The molecule has 2 rings (SSSR count). The lowest BCUT2D eigenvalue weighted by Crippen LogP contribution is -2.32. The topological polar surface area (TPSA) is 49.3 Å². The predicted molar refractivity (Wildman–Crippen MR) is 99.8 cm³/mol. The second-order valence-electron chi connectivity index (χ2n) is 6.44. The van der Waals surface area contributed by atoms with Crippen LogP contribution in [0.2, 0.25) is 0 Å². The number of aliphatic hydroxyl groups excluding tert-OH is 1. The summed E-state index contributed by atoms with van der Waals surface area (Å²) in [5.41, 5.74) is 0.931. The molecule has 0 bridgehead atoms. The van der Waals surface area contributed by atoms with Crippen LogP contribution in [0.3, 0.4) is 0 Å². The monoisotopic (exact) mass is 327 g/mol. The van der Waals surface area contributed by atoms with Crippen LogP contribution in [-0.2, 0) is 4.79 Å². The molecule has 24 heavy (non-hydrogen) atoms. The van der Waals surface area contributed by atoms with Crippen LogP contribution in [0.25, 0.3) is 10.8 Å². The fraction of sp³-hybridized carbons (Fsp3) is 0.476. The highest BCUT2D eigenvalue weighted by molar-refractivity contribution is 5.86. The Hall–Kier alpha value is -1.87. The number of rotatable bonds is 9. The fourth-order valence-corrected chi connectivity index (χ4v) is 3.28. The van der Waals surface area contributed by atoms with Crippen LogP contribution in [0.4, 0.5) is 0 Å². The van der Waals surface area contributed by atoms with E-state index in [0.29, 0.717) is 13.0 Å². The molecule has 2 aromatic carbocycles. The van der Waals surface area contributed by atoms with Crippen molar-refractivity contribution in [2.24, 2.45) is 5.92 Å². The maximum atomic E-state index is 12.3. The van der Waals surface area contributed by atoms with Gasteiger partial charge in [0.2, 0.25) is 5.91 Å². The van der Waals surface area contributed by atoms with Gasteiger partial charge in [-0.2, -0.15) is 0 Å². The van der Waals surface area contributed by atoms with Gasteiger partial charge in [0, 0.05) is 12.5 Å². The van der Waals surface area contributed by atoms with E-state index in [4.69, 9.17) is 0 Å². The molecule has 3 nitrogen and oxygen atoms in total. The van der Waals surface area contributed by atoms with Gasteiger partial charge in [-0.15, -0.1) is 0 Å². The molecular formula is C21H29NO2. The summed E-state index contributed by atoms with van der Waals surface area (Å²) in [6.45, 7) is 4.73. The lowest BCUT2D eigenvalue weighted by Gasteiger charge is -2.17. The number of benzene rings is 2. The minimum Gasteiger partial charge on any atom is -0.388 e. The Bertz CT molecular complexity index is 642. The SMILES string of the molecule is CCCC(CCC)C(=O)NCCC(O)c1cccc2ccccc12. The molecule has 0 fully saturated rings. The first-order valence-corrected chi connectivity index (χ1v) is 9.10. The van der Waals surface area contributed by atoms with E-state index in [2.05, 4.69) is 19.2 Å². The summed E-state index contributed by atoms with van der Waals surface area (Å²) >= 11 is 0. The van der Waals surface area contributed by atoms with Gasteiger partial charge in [-0.25, -0.2) is 0 Å². The number of fused-ring (bicyclic) bond motifs is 1. The highest BCUT2D eigenvalue weighted by Gasteiger charge is 2.17. The molecule has 2 N–H and O–H groups in total. The molecule has 0 saturated heterocycles. The highest BCUT2D eigenvalue weighted by Crippen LogP contribution is 2.26. The third-order valence-corrected chi connectivity index (χ3v) is 4.54. The molecule has 0 radical (unpaired) electrons. The first-order valence-electron chi connectivity index (χ1n) is 9.10. The number of hydrogen-bond acceptors (Lipinski definition) is 2. The van der Waals surface area contributed by atoms with E-state index < -0.39 is 6.10 Å². The number of hydrogen-bond donors (Lipinski definition) is 2. The Labute approximate surface area is 145 Å². The van der Waals surface area contributed by atoms with E-state index in [0.717, 1.165) is 42.0 Å². The van der Waals surface area contributed by atoms with Crippen molar-refractivity contribution in [2.45, 2.75) is 52.1 Å². The zero-order chi connectivity index (χ0) is 17.4. The van der Waals surface area contributed by atoms with Gasteiger partial charge in [-0.1, -0.05) is 69.2 Å². The second-order valence-corrected chi connectivity index (χ2v) is 6.44. The molecule has 0 aliphatic rings. The van der Waals surface area contributed by atoms with Crippen molar-refractivity contribution in [2.75, 3.05) is 6.54 Å². The van der Waals surface area contributed by atoms with E-state index >= 15 is 0 Å². The van der Waals surface area contributed by atoms with Crippen molar-refractivity contribution in [3.8, 4) is 0 Å². The quantitative estimate of drug-likeness (QED) is 0.707. The molecule has 1 unspecified atom stereocenters. The zero-order valence-corrected chi connectivity index (χ0v) is 14.8. The average Bonchev–Trinajstić information content (AvgIpc) is 2.60. The Balaban J connectivity index is 1.93. The van der Waals surface area contributed by atoms with Gasteiger partial charge < -0.3 is 10.4 Å². The van der Waals surface area contributed by atoms with Gasteiger partial charge in [-0.05, 0) is 35.6 Å². The van der Waals surface area contributed by atoms with E-state index in [1.807, 2.05) is 42.5 Å². The first-order chi connectivity index (χ1) is 11.7. The molecule has 0 aromatic heterocycles. The van der Waals surface area contributed by atoms with Gasteiger partial charge in [0.1, 0.15) is 0 Å². The minimum atomic E-state index is -0.563. The van der Waals surface area contributed by atoms with Crippen LogP contribution in [-0.4, -0.2) is 17.6 Å². The summed E-state index contributed by atoms with van der Waals surface area (Å²) in [6.07, 6.45) is 3.89. The first kappa shape index (κ1) is 18.5. The second kappa shape index (κ2) is 9.43. The number of nitrogens with one attached hydrogen (secondary N) is 1. The molecule has 1 atom stereocenters. The maximum Gasteiger partial charge on any atom is 0.223 e. The molecule has 0 heterocycles. The lowest BCUT2D eigenvalue weighted by molar-refractivity contribution is -0.125. The summed E-state index contributed by atoms with van der Waals surface area (Å²) < 4.78 is 0. The number of carbonyl (C=O) groups excluding carboxylic acids is 1. The van der Waals surface area contributed by atoms with Crippen molar-refractivity contribution in [1.82, 2.24) is 5.32 Å². The van der Waals surface area contributed by atoms with E-state index in [1.54, 1.807) is 0 Å². The third-order valence-electron chi connectivity index (χ3n) is 4.54. The van der Waals surface area contributed by atoms with Crippen LogP contribution < -0.4 is 5.32 Å². The summed E-state index contributed by atoms with van der Waals surface area (Å²) in [5, 5.41) is 15.7. The largest absolute Gasteiger partial charge is 0.388 e. The number of aliphatic hydroxyl groups is 1. The average molecular weight is 327 g/mol. The van der Waals surface area contributed by atoms with Crippen molar-refractivity contribution >= 4 is 16.7 Å². The van der Waals surface area contributed by atoms with Crippen molar-refractivity contribution in [1.29, 1.82) is 0 Å².